The molecule has 0 amide bonds. The fraction of sp³-hybridized carbons (Fsp3) is 0.417. The van der Waals surface area contributed by atoms with Crippen LogP contribution in [0.3, 0.4) is 0 Å². The number of benzene rings is 1. The average molecular weight is 252 g/mol. The van der Waals surface area contributed by atoms with Crippen molar-refractivity contribution in [2.75, 3.05) is 11.9 Å². The molecule has 0 radical (unpaired) electrons. The second-order valence-electron chi connectivity index (χ2n) is 4.40. The van der Waals surface area contributed by atoms with Crippen LogP contribution in [0.1, 0.15) is 30.6 Å². The predicted octanol–water partition coefficient (Wildman–Crippen LogP) is 2.75. The molecule has 0 heterocycles. The van der Waals surface area contributed by atoms with Gasteiger partial charge < -0.3 is 10.4 Å². The van der Waals surface area contributed by atoms with Gasteiger partial charge in [-0.15, -0.1) is 0 Å². The van der Waals surface area contributed by atoms with E-state index in [0.717, 1.165) is 6.42 Å². The zero-order valence-corrected chi connectivity index (χ0v) is 10.3. The lowest BCUT2D eigenvalue weighted by molar-refractivity contribution is -0.384. The van der Waals surface area contributed by atoms with Crippen LogP contribution in [0.15, 0.2) is 18.2 Å². The third kappa shape index (κ3) is 3.73. The van der Waals surface area contributed by atoms with Gasteiger partial charge in [0, 0.05) is 18.7 Å². The molecule has 18 heavy (non-hydrogen) atoms. The van der Waals surface area contributed by atoms with Crippen molar-refractivity contribution >= 4 is 17.3 Å². The van der Waals surface area contributed by atoms with E-state index in [-0.39, 0.29) is 16.9 Å². The van der Waals surface area contributed by atoms with Gasteiger partial charge >= 0.3 is 5.97 Å². The molecule has 1 aromatic carbocycles. The van der Waals surface area contributed by atoms with E-state index in [1.54, 1.807) is 0 Å². The van der Waals surface area contributed by atoms with Crippen molar-refractivity contribution in [3.63, 3.8) is 0 Å². The lowest BCUT2D eigenvalue weighted by Gasteiger charge is -2.10. The monoisotopic (exact) mass is 252 g/mol. The van der Waals surface area contributed by atoms with Crippen LogP contribution in [-0.2, 0) is 0 Å². The van der Waals surface area contributed by atoms with Gasteiger partial charge in [0.2, 0.25) is 0 Å². The normalized spacial score (nSPS) is 10.4. The molecule has 0 spiro atoms. The summed E-state index contributed by atoms with van der Waals surface area (Å²) < 4.78 is 0. The molecule has 2 N–H and O–H groups in total. The number of nitrogens with zero attached hydrogens (tertiary/aromatic N) is 1. The Hall–Kier alpha value is -2.11. The van der Waals surface area contributed by atoms with Crippen molar-refractivity contribution in [3.05, 3.63) is 33.9 Å². The summed E-state index contributed by atoms with van der Waals surface area (Å²) in [4.78, 5) is 21.1. The minimum Gasteiger partial charge on any atom is -0.478 e. The first-order chi connectivity index (χ1) is 8.41. The molecule has 0 aliphatic carbocycles. The molecule has 0 aliphatic rings. The maximum atomic E-state index is 11.0. The van der Waals surface area contributed by atoms with Crippen LogP contribution in [0.25, 0.3) is 0 Å². The van der Waals surface area contributed by atoms with Crippen molar-refractivity contribution in [3.8, 4) is 0 Å². The second-order valence-corrected chi connectivity index (χ2v) is 4.40. The van der Waals surface area contributed by atoms with E-state index in [2.05, 4.69) is 5.32 Å². The summed E-state index contributed by atoms with van der Waals surface area (Å²) in [5.41, 5.74) is 0.216. The van der Waals surface area contributed by atoms with Gasteiger partial charge in [0.1, 0.15) is 0 Å². The number of carboxylic acid groups (broad SMARTS) is 1. The molecule has 1 rings (SSSR count). The van der Waals surface area contributed by atoms with E-state index in [1.807, 2.05) is 13.8 Å². The van der Waals surface area contributed by atoms with Crippen LogP contribution in [0, 0.1) is 16.0 Å². The lowest BCUT2D eigenvalue weighted by atomic mass is 10.1. The Kier molecular flexibility index (Phi) is 4.65. The van der Waals surface area contributed by atoms with Crippen molar-refractivity contribution in [1.29, 1.82) is 0 Å². The molecule has 0 fully saturated rings. The van der Waals surface area contributed by atoms with E-state index in [0.29, 0.717) is 12.5 Å². The van der Waals surface area contributed by atoms with Crippen LogP contribution in [0.2, 0.25) is 0 Å². The standard InChI is InChI=1S/C12H16N2O4/c1-8(2)5-6-13-11-7-9(14(17)18)3-4-10(11)12(15)16/h3-4,7-8,13H,5-6H2,1-2H3,(H,15,16). The van der Waals surface area contributed by atoms with Crippen LogP contribution in [0.4, 0.5) is 11.4 Å². The Labute approximate surface area is 105 Å². The summed E-state index contributed by atoms with van der Waals surface area (Å²) in [5.74, 6) is -0.624. The maximum absolute atomic E-state index is 11.0. The Morgan fingerprint density at radius 1 is 1.50 bits per heavy atom. The summed E-state index contributed by atoms with van der Waals surface area (Å²) in [6, 6.07) is 3.69. The first-order valence-corrected chi connectivity index (χ1v) is 5.67. The number of nitro groups is 1. The summed E-state index contributed by atoms with van der Waals surface area (Å²) in [5, 5.41) is 22.6. The fourth-order valence-electron chi connectivity index (χ4n) is 1.47. The van der Waals surface area contributed by atoms with Crippen LogP contribution in [0.5, 0.6) is 0 Å². The first-order valence-electron chi connectivity index (χ1n) is 5.67. The van der Waals surface area contributed by atoms with E-state index in [4.69, 9.17) is 5.11 Å². The smallest absolute Gasteiger partial charge is 0.337 e. The molecule has 6 heteroatoms. The van der Waals surface area contributed by atoms with Crippen molar-refractivity contribution in [1.82, 2.24) is 0 Å². The number of aromatic carboxylic acids is 1. The number of carbonyl (C=O) groups is 1. The fourth-order valence-corrected chi connectivity index (χ4v) is 1.47. The van der Waals surface area contributed by atoms with Gasteiger partial charge in [-0.2, -0.15) is 0 Å². The van der Waals surface area contributed by atoms with Crippen LogP contribution < -0.4 is 5.32 Å². The second kappa shape index (κ2) is 6.00. The van der Waals surface area contributed by atoms with Crippen molar-refractivity contribution in [2.24, 2.45) is 5.92 Å². The molecule has 98 valence electrons. The first kappa shape index (κ1) is 14.0. The number of rotatable bonds is 6. The van der Waals surface area contributed by atoms with Gasteiger partial charge in [-0.05, 0) is 18.4 Å². The number of nitro benzene ring substituents is 1. The molecule has 0 bridgehead atoms. The Bertz CT molecular complexity index is 457. The van der Waals surface area contributed by atoms with E-state index in [9.17, 15) is 14.9 Å². The molecule has 0 aliphatic heterocycles. The molecule has 0 unspecified atom stereocenters. The molecule has 6 nitrogen and oxygen atoms in total. The zero-order valence-electron chi connectivity index (χ0n) is 10.3. The highest BCUT2D eigenvalue weighted by atomic mass is 16.6. The van der Waals surface area contributed by atoms with Gasteiger partial charge in [-0.25, -0.2) is 4.79 Å². The van der Waals surface area contributed by atoms with Crippen LogP contribution >= 0.6 is 0 Å². The Morgan fingerprint density at radius 3 is 2.67 bits per heavy atom. The number of hydrogen-bond acceptors (Lipinski definition) is 4. The Morgan fingerprint density at radius 2 is 2.17 bits per heavy atom. The SMILES string of the molecule is CC(C)CCNc1cc([N+](=O)[O-])ccc1C(=O)O. The lowest BCUT2D eigenvalue weighted by Crippen LogP contribution is -2.09. The number of non-ortho nitro benzene ring substituents is 1. The molecule has 0 saturated carbocycles. The minimum absolute atomic E-state index is 0.0457. The molecule has 0 aromatic heterocycles. The van der Waals surface area contributed by atoms with Crippen LogP contribution in [-0.4, -0.2) is 22.5 Å². The highest BCUT2D eigenvalue weighted by Crippen LogP contribution is 2.22. The van der Waals surface area contributed by atoms with Gasteiger partial charge in [-0.3, -0.25) is 10.1 Å². The average Bonchev–Trinajstić information content (AvgIpc) is 2.27. The summed E-state index contributed by atoms with van der Waals surface area (Å²) >= 11 is 0. The minimum atomic E-state index is -1.10. The number of nitrogens with one attached hydrogen (secondary N) is 1. The summed E-state index contributed by atoms with van der Waals surface area (Å²) in [7, 11) is 0. The van der Waals surface area contributed by atoms with Gasteiger partial charge in [0.25, 0.3) is 5.69 Å². The topological polar surface area (TPSA) is 92.5 Å². The summed E-state index contributed by atoms with van der Waals surface area (Å²) in [6.45, 7) is 4.68. The predicted molar refractivity (Wildman–Crippen MR) is 68.0 cm³/mol. The van der Waals surface area contributed by atoms with Crippen molar-refractivity contribution in [2.45, 2.75) is 20.3 Å². The summed E-state index contributed by atoms with van der Waals surface area (Å²) in [6.07, 6.45) is 0.863. The van der Waals surface area contributed by atoms with E-state index in [1.165, 1.54) is 18.2 Å². The number of anilines is 1. The number of hydrogen-bond donors (Lipinski definition) is 2. The highest BCUT2D eigenvalue weighted by molar-refractivity contribution is 5.94. The molecular weight excluding hydrogens is 236 g/mol. The number of carboxylic acids is 1. The largest absolute Gasteiger partial charge is 0.478 e. The van der Waals surface area contributed by atoms with Gasteiger partial charge in [-0.1, -0.05) is 13.8 Å². The van der Waals surface area contributed by atoms with Gasteiger partial charge in [0.05, 0.1) is 16.2 Å². The van der Waals surface area contributed by atoms with Crippen molar-refractivity contribution < 1.29 is 14.8 Å². The maximum Gasteiger partial charge on any atom is 0.337 e. The molecule has 0 atom stereocenters. The third-order valence-electron chi connectivity index (χ3n) is 2.48. The quantitative estimate of drug-likeness (QED) is 0.599. The Balaban J connectivity index is 2.93. The van der Waals surface area contributed by atoms with E-state index >= 15 is 0 Å². The zero-order chi connectivity index (χ0) is 13.7. The third-order valence-corrected chi connectivity index (χ3v) is 2.48. The molecule has 1 aromatic rings. The highest BCUT2D eigenvalue weighted by Gasteiger charge is 2.15. The van der Waals surface area contributed by atoms with Gasteiger partial charge in [0.15, 0.2) is 0 Å². The molecular formula is C12H16N2O4. The van der Waals surface area contributed by atoms with E-state index < -0.39 is 10.9 Å². The molecule has 0 saturated heterocycles.